The van der Waals surface area contributed by atoms with E-state index in [9.17, 15) is 0 Å². The second-order valence-electron chi connectivity index (χ2n) is 4.55. The number of thioether (sulfide) groups is 1. The Balaban J connectivity index is 2.40. The lowest BCUT2D eigenvalue weighted by atomic mass is 10.1. The zero-order chi connectivity index (χ0) is 14.1. The van der Waals surface area contributed by atoms with E-state index in [-0.39, 0.29) is 0 Å². The van der Waals surface area contributed by atoms with Crippen molar-refractivity contribution in [1.82, 2.24) is 9.55 Å². The molecule has 0 atom stereocenters. The van der Waals surface area contributed by atoms with Gasteiger partial charge in [0.2, 0.25) is 0 Å². The van der Waals surface area contributed by atoms with Crippen LogP contribution in [0.3, 0.4) is 0 Å². The third-order valence-electron chi connectivity index (χ3n) is 3.36. The first-order chi connectivity index (χ1) is 9.76. The number of hydrogen-bond donors (Lipinski definition) is 0. The van der Waals surface area contributed by atoms with Gasteiger partial charge in [-0.15, -0.1) is 0 Å². The van der Waals surface area contributed by atoms with Gasteiger partial charge in [0.15, 0.2) is 5.16 Å². The second kappa shape index (κ2) is 5.21. The Morgan fingerprint density at radius 1 is 1.10 bits per heavy atom. The van der Waals surface area contributed by atoms with Crippen molar-refractivity contribution >= 4 is 22.8 Å². The fourth-order valence-corrected chi connectivity index (χ4v) is 3.00. The molecule has 0 N–H and O–H groups in total. The quantitative estimate of drug-likeness (QED) is 0.679. The molecule has 0 unspecified atom stereocenters. The van der Waals surface area contributed by atoms with Gasteiger partial charge >= 0.3 is 0 Å². The number of para-hydroxylation sites is 3. The minimum Gasteiger partial charge on any atom is -0.495 e. The van der Waals surface area contributed by atoms with Crippen LogP contribution in [0.4, 0.5) is 0 Å². The van der Waals surface area contributed by atoms with Crippen molar-refractivity contribution in [3.63, 3.8) is 0 Å². The first kappa shape index (κ1) is 13.1. The average Bonchev–Trinajstić information content (AvgIpc) is 2.85. The maximum atomic E-state index is 5.54. The highest BCUT2D eigenvalue weighted by Gasteiger charge is 2.16. The molecule has 0 aliphatic rings. The summed E-state index contributed by atoms with van der Waals surface area (Å²) in [7, 11) is 1.70. The van der Waals surface area contributed by atoms with E-state index >= 15 is 0 Å². The number of aromatic nitrogens is 2. The molecule has 4 heteroatoms. The smallest absolute Gasteiger partial charge is 0.173 e. The molecule has 1 aromatic heterocycles. The fourth-order valence-electron chi connectivity index (χ4n) is 2.44. The molecule has 0 aliphatic heterocycles. The van der Waals surface area contributed by atoms with Gasteiger partial charge in [-0.05, 0) is 36.9 Å². The van der Waals surface area contributed by atoms with E-state index in [1.165, 1.54) is 5.56 Å². The SMILES string of the molecule is COc1cccc(C)c1-n1c(SC)nc2ccccc21. The summed E-state index contributed by atoms with van der Waals surface area (Å²) in [5.74, 6) is 0.864. The van der Waals surface area contributed by atoms with Crippen molar-refractivity contribution in [3.05, 3.63) is 48.0 Å². The van der Waals surface area contributed by atoms with Crippen LogP contribution in [0.1, 0.15) is 5.56 Å². The van der Waals surface area contributed by atoms with Gasteiger partial charge in [0, 0.05) is 0 Å². The Morgan fingerprint density at radius 2 is 1.90 bits per heavy atom. The highest BCUT2D eigenvalue weighted by Crippen LogP contribution is 2.33. The Hall–Kier alpha value is -1.94. The Morgan fingerprint density at radius 3 is 2.65 bits per heavy atom. The van der Waals surface area contributed by atoms with Gasteiger partial charge in [0.1, 0.15) is 5.75 Å². The summed E-state index contributed by atoms with van der Waals surface area (Å²) in [5.41, 5.74) is 4.34. The molecule has 0 fully saturated rings. The van der Waals surface area contributed by atoms with Gasteiger partial charge in [0.05, 0.1) is 23.8 Å². The van der Waals surface area contributed by atoms with Crippen molar-refractivity contribution in [2.45, 2.75) is 12.1 Å². The van der Waals surface area contributed by atoms with Crippen molar-refractivity contribution in [3.8, 4) is 11.4 Å². The lowest BCUT2D eigenvalue weighted by Gasteiger charge is -2.15. The largest absolute Gasteiger partial charge is 0.495 e. The number of aryl methyl sites for hydroxylation is 1. The van der Waals surface area contributed by atoms with Gasteiger partial charge < -0.3 is 4.74 Å². The Labute approximate surface area is 122 Å². The molecule has 3 rings (SSSR count). The highest BCUT2D eigenvalue weighted by atomic mass is 32.2. The first-order valence-corrected chi connectivity index (χ1v) is 7.64. The maximum absolute atomic E-state index is 5.54. The molecule has 2 aromatic carbocycles. The van der Waals surface area contributed by atoms with Crippen LogP contribution < -0.4 is 4.74 Å². The van der Waals surface area contributed by atoms with E-state index in [2.05, 4.69) is 23.6 Å². The fraction of sp³-hybridized carbons (Fsp3) is 0.188. The number of ether oxygens (including phenoxy) is 1. The molecule has 0 spiro atoms. The zero-order valence-electron chi connectivity index (χ0n) is 11.8. The maximum Gasteiger partial charge on any atom is 0.173 e. The molecular formula is C16H16N2OS. The second-order valence-corrected chi connectivity index (χ2v) is 5.32. The van der Waals surface area contributed by atoms with Gasteiger partial charge in [-0.1, -0.05) is 36.0 Å². The van der Waals surface area contributed by atoms with E-state index < -0.39 is 0 Å². The number of benzene rings is 2. The highest BCUT2D eigenvalue weighted by molar-refractivity contribution is 7.98. The monoisotopic (exact) mass is 284 g/mol. The van der Waals surface area contributed by atoms with Crippen LogP contribution in [-0.4, -0.2) is 22.9 Å². The van der Waals surface area contributed by atoms with Gasteiger partial charge in [-0.25, -0.2) is 4.98 Å². The summed E-state index contributed by atoms with van der Waals surface area (Å²) in [5, 5.41) is 0.971. The molecule has 102 valence electrons. The lowest BCUT2D eigenvalue weighted by molar-refractivity contribution is 0.412. The van der Waals surface area contributed by atoms with Crippen LogP contribution in [0, 0.1) is 6.92 Å². The molecule has 3 nitrogen and oxygen atoms in total. The summed E-state index contributed by atoms with van der Waals surface area (Å²) >= 11 is 1.64. The van der Waals surface area contributed by atoms with E-state index in [1.54, 1.807) is 18.9 Å². The average molecular weight is 284 g/mol. The number of rotatable bonds is 3. The summed E-state index contributed by atoms with van der Waals surface area (Å²) in [6.07, 6.45) is 2.04. The van der Waals surface area contributed by atoms with Crippen molar-refractivity contribution in [2.24, 2.45) is 0 Å². The molecule has 20 heavy (non-hydrogen) atoms. The number of hydrogen-bond acceptors (Lipinski definition) is 3. The van der Waals surface area contributed by atoms with Gasteiger partial charge in [-0.2, -0.15) is 0 Å². The van der Waals surface area contributed by atoms with Crippen LogP contribution in [0.25, 0.3) is 16.7 Å². The van der Waals surface area contributed by atoms with Crippen LogP contribution in [-0.2, 0) is 0 Å². The molecule has 3 aromatic rings. The Bertz CT molecular complexity index is 764. The third kappa shape index (κ3) is 1.96. The van der Waals surface area contributed by atoms with Crippen molar-refractivity contribution < 1.29 is 4.74 Å². The predicted molar refractivity (Wildman–Crippen MR) is 84.1 cm³/mol. The van der Waals surface area contributed by atoms with Crippen molar-refractivity contribution in [1.29, 1.82) is 0 Å². The lowest BCUT2D eigenvalue weighted by Crippen LogP contribution is -2.02. The van der Waals surface area contributed by atoms with E-state index in [0.717, 1.165) is 27.6 Å². The number of imidazole rings is 1. The third-order valence-corrected chi connectivity index (χ3v) is 4.00. The van der Waals surface area contributed by atoms with E-state index in [4.69, 9.17) is 9.72 Å². The normalized spacial score (nSPS) is 10.9. The molecular weight excluding hydrogens is 268 g/mol. The van der Waals surface area contributed by atoms with Crippen LogP contribution in [0.2, 0.25) is 0 Å². The summed E-state index contributed by atoms with van der Waals surface area (Å²) < 4.78 is 7.72. The minimum absolute atomic E-state index is 0.864. The van der Waals surface area contributed by atoms with Crippen molar-refractivity contribution in [2.75, 3.05) is 13.4 Å². The number of fused-ring (bicyclic) bond motifs is 1. The van der Waals surface area contributed by atoms with Gasteiger partial charge in [0.25, 0.3) is 0 Å². The molecule has 0 bridgehead atoms. The molecule has 0 radical (unpaired) electrons. The molecule has 0 saturated heterocycles. The standard InChI is InChI=1S/C16H16N2OS/c1-11-7-6-10-14(19-2)15(11)18-13-9-5-4-8-12(13)17-16(18)20-3/h4-10H,1-3H3. The van der Waals surface area contributed by atoms with Crippen LogP contribution in [0.5, 0.6) is 5.75 Å². The minimum atomic E-state index is 0.864. The van der Waals surface area contributed by atoms with E-state index in [1.807, 2.05) is 36.6 Å². The number of nitrogens with zero attached hydrogens (tertiary/aromatic N) is 2. The topological polar surface area (TPSA) is 27.1 Å². The Kier molecular flexibility index (Phi) is 3.40. The molecule has 0 saturated carbocycles. The van der Waals surface area contributed by atoms with Crippen LogP contribution in [0.15, 0.2) is 47.6 Å². The molecule has 1 heterocycles. The molecule has 0 aliphatic carbocycles. The first-order valence-electron chi connectivity index (χ1n) is 6.41. The zero-order valence-corrected chi connectivity index (χ0v) is 12.6. The predicted octanol–water partition coefficient (Wildman–Crippen LogP) is 4.06. The van der Waals surface area contributed by atoms with Gasteiger partial charge in [-0.3, -0.25) is 4.57 Å². The molecule has 0 amide bonds. The summed E-state index contributed by atoms with van der Waals surface area (Å²) in [6, 6.07) is 14.3. The number of methoxy groups -OCH3 is 1. The van der Waals surface area contributed by atoms with Crippen LogP contribution >= 0.6 is 11.8 Å². The summed E-state index contributed by atoms with van der Waals surface area (Å²) in [4.78, 5) is 4.69. The summed E-state index contributed by atoms with van der Waals surface area (Å²) in [6.45, 7) is 2.09. The van der Waals surface area contributed by atoms with E-state index in [0.29, 0.717) is 0 Å².